The maximum atomic E-state index is 14.3. The number of nitrogen functional groups attached to an aromatic ring is 1. The first-order valence-corrected chi connectivity index (χ1v) is 15.2. The molecular formula is C24H33N8O9P. The Morgan fingerprint density at radius 1 is 1.12 bits per heavy atom. The SMILES string of the molecule is Cc1cn([C@H]2CC(O)[C@@H](COP(=O)(OC3C[C@H](n4cnc5c(N)ncnc54)O[C@@H]3CO)N3CCCC3)O2)c(=O)[nH]c1=O. The lowest BCUT2D eigenvalue weighted by atomic mass is 10.2. The Labute approximate surface area is 238 Å². The Balaban J connectivity index is 1.18. The number of aryl methyl sites for hydroxylation is 1. The molecule has 3 aromatic rings. The van der Waals surface area contributed by atoms with Crippen LogP contribution in [0.2, 0.25) is 0 Å². The van der Waals surface area contributed by atoms with Crippen molar-refractivity contribution in [1.82, 2.24) is 33.7 Å². The second kappa shape index (κ2) is 11.6. The largest absolute Gasteiger partial charge is 0.408 e. The number of hydrogen-bond acceptors (Lipinski definition) is 13. The fraction of sp³-hybridized carbons (Fsp3) is 0.625. The highest BCUT2D eigenvalue weighted by molar-refractivity contribution is 7.51. The second-order valence-electron chi connectivity index (χ2n) is 10.6. The Bertz CT molecular complexity index is 1600. The fourth-order valence-corrected chi connectivity index (χ4v) is 7.56. The molecule has 7 atom stereocenters. The summed E-state index contributed by atoms with van der Waals surface area (Å²) in [5.41, 5.74) is 5.91. The van der Waals surface area contributed by atoms with Gasteiger partial charge in [-0.15, -0.1) is 0 Å². The summed E-state index contributed by atoms with van der Waals surface area (Å²) in [4.78, 5) is 38.8. The number of nitrogens with two attached hydrogens (primary N) is 1. The molecule has 0 aromatic carbocycles. The predicted molar refractivity (Wildman–Crippen MR) is 145 cm³/mol. The Kier molecular flexibility index (Phi) is 8.01. The molecule has 3 unspecified atom stereocenters. The number of nitrogens with one attached hydrogen (secondary N) is 1. The van der Waals surface area contributed by atoms with Crippen LogP contribution in [-0.4, -0.2) is 94.7 Å². The van der Waals surface area contributed by atoms with Gasteiger partial charge in [0.1, 0.15) is 42.6 Å². The number of aliphatic hydroxyl groups excluding tert-OH is 2. The summed E-state index contributed by atoms with van der Waals surface area (Å²) in [7, 11) is -3.96. The third-order valence-electron chi connectivity index (χ3n) is 7.82. The van der Waals surface area contributed by atoms with Crippen molar-refractivity contribution in [2.75, 3.05) is 32.0 Å². The first-order valence-electron chi connectivity index (χ1n) is 13.7. The minimum absolute atomic E-state index is 0.0615. The molecule has 0 radical (unpaired) electrons. The third-order valence-corrected chi connectivity index (χ3v) is 9.92. The van der Waals surface area contributed by atoms with E-state index < -0.39 is 62.5 Å². The highest BCUT2D eigenvalue weighted by atomic mass is 31.2. The lowest BCUT2D eigenvalue weighted by Crippen LogP contribution is -2.34. The minimum Gasteiger partial charge on any atom is -0.394 e. The molecule has 0 saturated carbocycles. The molecule has 3 aromatic heterocycles. The number of imidazole rings is 1. The Morgan fingerprint density at radius 3 is 2.62 bits per heavy atom. The standard InChI is InChI=1S/C24H33N8O9P/c1-13-8-31(24(36)29-23(13)35)18-6-14(34)17(40-18)10-38-42(37,30-4-2-3-5-30)41-15-7-19(39-16(15)9-33)32-12-28-20-21(25)26-11-27-22(20)32/h8,11-12,14-19,33-34H,2-7,9-10H2,1H3,(H2,25,26,27)(H,29,35,36)/t14?,15?,16-,17-,18-,19-,42?/m1/s1. The molecule has 0 spiro atoms. The first-order chi connectivity index (χ1) is 20.2. The molecule has 0 amide bonds. The molecule has 3 aliphatic rings. The van der Waals surface area contributed by atoms with Crippen molar-refractivity contribution in [3.05, 3.63) is 45.3 Å². The molecule has 0 aliphatic carbocycles. The van der Waals surface area contributed by atoms with Crippen molar-refractivity contribution in [1.29, 1.82) is 0 Å². The van der Waals surface area contributed by atoms with E-state index in [9.17, 15) is 24.4 Å². The van der Waals surface area contributed by atoms with Gasteiger partial charge in [0, 0.05) is 37.7 Å². The summed E-state index contributed by atoms with van der Waals surface area (Å²) in [6.07, 6.45) is 0.986. The molecule has 6 rings (SSSR count). The number of hydrogen-bond donors (Lipinski definition) is 4. The van der Waals surface area contributed by atoms with Crippen molar-refractivity contribution < 1.29 is 33.3 Å². The van der Waals surface area contributed by atoms with Crippen LogP contribution in [0.4, 0.5) is 5.82 Å². The van der Waals surface area contributed by atoms with E-state index in [1.807, 2.05) is 0 Å². The smallest absolute Gasteiger partial charge is 0.394 e. The lowest BCUT2D eigenvalue weighted by Gasteiger charge is -2.31. The van der Waals surface area contributed by atoms with E-state index in [2.05, 4.69) is 19.9 Å². The van der Waals surface area contributed by atoms with Crippen LogP contribution in [0.1, 0.15) is 43.7 Å². The number of aliphatic hydroxyl groups is 2. The van der Waals surface area contributed by atoms with Crippen LogP contribution in [0.15, 0.2) is 28.4 Å². The van der Waals surface area contributed by atoms with Crippen LogP contribution < -0.4 is 17.0 Å². The van der Waals surface area contributed by atoms with Crippen LogP contribution in [0.3, 0.4) is 0 Å². The number of fused-ring (bicyclic) bond motifs is 1. The topological polar surface area (TPSA) is 222 Å². The maximum Gasteiger partial charge on any atom is 0.408 e. The fourth-order valence-electron chi connectivity index (χ4n) is 5.53. The van der Waals surface area contributed by atoms with Crippen LogP contribution in [0.25, 0.3) is 11.2 Å². The van der Waals surface area contributed by atoms with Gasteiger partial charge in [-0.1, -0.05) is 0 Å². The van der Waals surface area contributed by atoms with Crippen LogP contribution in [0.5, 0.6) is 0 Å². The molecule has 3 aliphatic heterocycles. The number of anilines is 1. The molecule has 18 heteroatoms. The minimum atomic E-state index is -3.96. The van der Waals surface area contributed by atoms with Gasteiger partial charge in [-0.05, 0) is 19.8 Å². The molecule has 3 saturated heterocycles. The van der Waals surface area contributed by atoms with Crippen molar-refractivity contribution >= 4 is 24.7 Å². The molecule has 3 fully saturated rings. The number of aromatic nitrogens is 6. The molecule has 6 heterocycles. The zero-order valence-electron chi connectivity index (χ0n) is 22.8. The highest BCUT2D eigenvalue weighted by Gasteiger charge is 2.46. The van der Waals surface area contributed by atoms with Gasteiger partial charge in [0.2, 0.25) is 0 Å². The summed E-state index contributed by atoms with van der Waals surface area (Å²) in [6.45, 7) is 1.82. The molecule has 42 heavy (non-hydrogen) atoms. The van der Waals surface area contributed by atoms with E-state index in [0.717, 1.165) is 12.8 Å². The summed E-state index contributed by atoms with van der Waals surface area (Å²) >= 11 is 0. The molecule has 228 valence electrons. The summed E-state index contributed by atoms with van der Waals surface area (Å²) < 4.78 is 42.8. The quantitative estimate of drug-likeness (QED) is 0.231. The van der Waals surface area contributed by atoms with Crippen molar-refractivity contribution in [2.24, 2.45) is 0 Å². The number of nitrogens with zero attached hydrogens (tertiary/aromatic N) is 6. The zero-order valence-corrected chi connectivity index (χ0v) is 23.7. The van der Waals surface area contributed by atoms with Crippen molar-refractivity contribution in [2.45, 2.75) is 69.5 Å². The van der Waals surface area contributed by atoms with Crippen LogP contribution in [-0.2, 0) is 23.1 Å². The monoisotopic (exact) mass is 608 g/mol. The van der Waals surface area contributed by atoms with E-state index in [1.165, 1.54) is 23.4 Å². The number of rotatable bonds is 9. The van der Waals surface area contributed by atoms with E-state index in [-0.39, 0.29) is 25.3 Å². The Hall–Kier alpha value is -3.02. The van der Waals surface area contributed by atoms with Gasteiger partial charge in [-0.2, -0.15) is 0 Å². The first kappa shape index (κ1) is 29.1. The van der Waals surface area contributed by atoms with Gasteiger partial charge in [0.05, 0.1) is 25.6 Å². The summed E-state index contributed by atoms with van der Waals surface area (Å²) in [6, 6.07) is 0. The molecule has 5 N–H and O–H groups in total. The van der Waals surface area contributed by atoms with E-state index in [4.69, 9.17) is 24.3 Å². The molecule has 0 bridgehead atoms. The van der Waals surface area contributed by atoms with Crippen molar-refractivity contribution in [3.63, 3.8) is 0 Å². The van der Waals surface area contributed by atoms with Gasteiger partial charge in [0.25, 0.3) is 5.56 Å². The summed E-state index contributed by atoms with van der Waals surface area (Å²) in [5, 5.41) is 20.8. The average molecular weight is 609 g/mol. The maximum absolute atomic E-state index is 14.3. The van der Waals surface area contributed by atoms with Gasteiger partial charge >= 0.3 is 13.4 Å². The molecule has 17 nitrogen and oxygen atoms in total. The van der Waals surface area contributed by atoms with Crippen LogP contribution >= 0.6 is 7.75 Å². The summed E-state index contributed by atoms with van der Waals surface area (Å²) in [5.74, 6) is 0.217. The molecular weight excluding hydrogens is 575 g/mol. The van der Waals surface area contributed by atoms with E-state index in [0.29, 0.717) is 29.8 Å². The normalized spacial score (nSPS) is 29.9. The number of aromatic amines is 1. The second-order valence-corrected chi connectivity index (χ2v) is 12.6. The number of H-pyrrole nitrogens is 1. The zero-order chi connectivity index (χ0) is 29.6. The lowest BCUT2D eigenvalue weighted by molar-refractivity contribution is -0.0547. The van der Waals surface area contributed by atoms with E-state index in [1.54, 1.807) is 16.2 Å². The van der Waals surface area contributed by atoms with Gasteiger partial charge in [0.15, 0.2) is 11.5 Å². The van der Waals surface area contributed by atoms with Gasteiger partial charge in [-0.3, -0.25) is 28.0 Å². The average Bonchev–Trinajstić information content (AvgIpc) is 3.76. The van der Waals surface area contributed by atoms with Crippen molar-refractivity contribution in [3.8, 4) is 0 Å². The highest BCUT2D eigenvalue weighted by Crippen LogP contribution is 2.57. The van der Waals surface area contributed by atoms with Gasteiger partial charge in [-0.25, -0.2) is 29.0 Å². The number of ether oxygens (including phenoxy) is 2. The Morgan fingerprint density at radius 2 is 1.86 bits per heavy atom. The van der Waals surface area contributed by atoms with E-state index >= 15 is 0 Å². The van der Waals surface area contributed by atoms with Gasteiger partial charge < -0.3 is 25.4 Å². The predicted octanol–water partition coefficient (Wildman–Crippen LogP) is -0.199. The third kappa shape index (κ3) is 5.42. The van der Waals surface area contributed by atoms with Crippen LogP contribution in [0, 0.1) is 6.92 Å².